The maximum atomic E-state index is 10.9. The summed E-state index contributed by atoms with van der Waals surface area (Å²) in [6.07, 6.45) is 1.48. The summed E-state index contributed by atoms with van der Waals surface area (Å²) in [5.41, 5.74) is 11.4. The molecule has 0 unspecified atom stereocenters. The Balaban J connectivity index is 2.96. The van der Waals surface area contributed by atoms with Crippen LogP contribution in [-0.2, 0) is 0 Å². The zero-order chi connectivity index (χ0) is 8.27. The predicted molar refractivity (Wildman–Crippen MR) is 42.0 cm³/mol. The SMILES string of the molecule is NCC(=O)c1cc(N)ccn1. The standard InChI is InChI=1S/C7H9N3O/c8-4-7(11)6-3-5(9)1-2-10-6/h1-3H,4,8H2,(H2,9,10). The molecule has 0 saturated carbocycles. The molecule has 1 aromatic rings. The molecule has 0 atom stereocenters. The van der Waals surface area contributed by atoms with Crippen molar-refractivity contribution >= 4 is 11.5 Å². The lowest BCUT2D eigenvalue weighted by Crippen LogP contribution is -2.15. The fraction of sp³-hybridized carbons (Fsp3) is 0.143. The van der Waals surface area contributed by atoms with Crippen LogP contribution in [0.5, 0.6) is 0 Å². The summed E-state index contributed by atoms with van der Waals surface area (Å²) in [6.45, 7) is -0.0313. The summed E-state index contributed by atoms with van der Waals surface area (Å²) in [4.78, 5) is 14.7. The van der Waals surface area contributed by atoms with Gasteiger partial charge in [-0.2, -0.15) is 0 Å². The van der Waals surface area contributed by atoms with Crippen LogP contribution in [0.3, 0.4) is 0 Å². The third-order valence-corrected chi connectivity index (χ3v) is 1.26. The maximum Gasteiger partial charge on any atom is 0.194 e. The second kappa shape index (κ2) is 3.12. The van der Waals surface area contributed by atoms with Crippen molar-refractivity contribution < 1.29 is 4.79 Å². The number of hydrogen-bond donors (Lipinski definition) is 2. The van der Waals surface area contributed by atoms with Crippen LogP contribution in [0, 0.1) is 0 Å². The first-order valence-electron chi connectivity index (χ1n) is 3.19. The van der Waals surface area contributed by atoms with Crippen molar-refractivity contribution in [3.05, 3.63) is 24.0 Å². The Morgan fingerprint density at radius 2 is 2.36 bits per heavy atom. The van der Waals surface area contributed by atoms with Gasteiger partial charge in [0.2, 0.25) is 0 Å². The van der Waals surface area contributed by atoms with E-state index in [0.717, 1.165) is 0 Å². The van der Waals surface area contributed by atoms with Crippen molar-refractivity contribution in [2.24, 2.45) is 5.73 Å². The minimum absolute atomic E-state index is 0.0313. The van der Waals surface area contributed by atoms with Crippen LogP contribution < -0.4 is 11.5 Å². The Labute approximate surface area is 64.2 Å². The molecule has 0 bridgehead atoms. The lowest BCUT2D eigenvalue weighted by atomic mass is 10.2. The third-order valence-electron chi connectivity index (χ3n) is 1.26. The first-order valence-corrected chi connectivity index (χ1v) is 3.19. The number of hydrogen-bond acceptors (Lipinski definition) is 4. The molecule has 1 heterocycles. The largest absolute Gasteiger partial charge is 0.399 e. The average Bonchev–Trinajstić information content (AvgIpc) is 2.03. The van der Waals surface area contributed by atoms with Crippen LogP contribution in [0.15, 0.2) is 18.3 Å². The number of anilines is 1. The molecule has 0 aliphatic carbocycles. The van der Waals surface area contributed by atoms with Gasteiger partial charge in [0, 0.05) is 11.9 Å². The lowest BCUT2D eigenvalue weighted by molar-refractivity contribution is 0.0997. The third kappa shape index (κ3) is 1.75. The Kier molecular flexibility index (Phi) is 2.18. The molecule has 11 heavy (non-hydrogen) atoms. The number of carbonyl (C=O) groups is 1. The van der Waals surface area contributed by atoms with Crippen molar-refractivity contribution in [3.63, 3.8) is 0 Å². The summed E-state index contributed by atoms with van der Waals surface area (Å²) >= 11 is 0. The summed E-state index contributed by atoms with van der Waals surface area (Å²) < 4.78 is 0. The molecule has 0 aliphatic rings. The van der Waals surface area contributed by atoms with E-state index in [4.69, 9.17) is 11.5 Å². The van der Waals surface area contributed by atoms with Crippen molar-refractivity contribution in [2.75, 3.05) is 12.3 Å². The number of ketones is 1. The smallest absolute Gasteiger partial charge is 0.194 e. The summed E-state index contributed by atoms with van der Waals surface area (Å²) in [5.74, 6) is -0.197. The van der Waals surface area contributed by atoms with Crippen LogP contribution in [0.25, 0.3) is 0 Å². The van der Waals surface area contributed by atoms with Gasteiger partial charge in [-0.15, -0.1) is 0 Å². The van der Waals surface area contributed by atoms with Gasteiger partial charge in [0.15, 0.2) is 5.78 Å². The van der Waals surface area contributed by atoms with Crippen LogP contribution in [0.4, 0.5) is 5.69 Å². The van der Waals surface area contributed by atoms with Crippen molar-refractivity contribution in [2.45, 2.75) is 0 Å². The lowest BCUT2D eigenvalue weighted by Gasteiger charge is -1.96. The zero-order valence-corrected chi connectivity index (χ0v) is 5.95. The number of nitrogens with zero attached hydrogens (tertiary/aromatic N) is 1. The van der Waals surface area contributed by atoms with Gasteiger partial charge < -0.3 is 11.5 Å². The zero-order valence-electron chi connectivity index (χ0n) is 5.95. The number of carbonyl (C=O) groups excluding carboxylic acids is 1. The molecule has 0 saturated heterocycles. The topological polar surface area (TPSA) is 82.0 Å². The first-order chi connectivity index (χ1) is 5.24. The quantitative estimate of drug-likeness (QED) is 0.574. The van der Waals surface area contributed by atoms with Crippen LogP contribution in [-0.4, -0.2) is 17.3 Å². The molecule has 0 amide bonds. The van der Waals surface area contributed by atoms with Gasteiger partial charge in [0.25, 0.3) is 0 Å². The molecule has 1 rings (SSSR count). The summed E-state index contributed by atoms with van der Waals surface area (Å²) in [7, 11) is 0. The van der Waals surface area contributed by atoms with E-state index in [1.165, 1.54) is 12.3 Å². The Morgan fingerprint density at radius 3 is 2.91 bits per heavy atom. The minimum atomic E-state index is -0.197. The van der Waals surface area contributed by atoms with Gasteiger partial charge in [0.05, 0.1) is 6.54 Å². The van der Waals surface area contributed by atoms with Crippen LogP contribution in [0.1, 0.15) is 10.5 Å². The minimum Gasteiger partial charge on any atom is -0.399 e. The molecule has 4 heteroatoms. The highest BCUT2D eigenvalue weighted by Gasteiger charge is 2.03. The van der Waals surface area contributed by atoms with E-state index in [0.29, 0.717) is 11.4 Å². The van der Waals surface area contributed by atoms with Gasteiger partial charge in [-0.25, -0.2) is 0 Å². The van der Waals surface area contributed by atoms with Crippen molar-refractivity contribution in [1.29, 1.82) is 0 Å². The molecule has 0 spiro atoms. The number of nitrogen functional groups attached to an aromatic ring is 1. The van der Waals surface area contributed by atoms with Crippen molar-refractivity contribution in [3.8, 4) is 0 Å². The highest BCUT2D eigenvalue weighted by atomic mass is 16.1. The van der Waals surface area contributed by atoms with E-state index < -0.39 is 0 Å². The fourth-order valence-corrected chi connectivity index (χ4v) is 0.704. The van der Waals surface area contributed by atoms with E-state index in [9.17, 15) is 4.79 Å². The van der Waals surface area contributed by atoms with E-state index in [1.807, 2.05) is 0 Å². The second-order valence-electron chi connectivity index (χ2n) is 2.10. The van der Waals surface area contributed by atoms with Gasteiger partial charge in [-0.1, -0.05) is 0 Å². The summed E-state index contributed by atoms with van der Waals surface area (Å²) in [6, 6.07) is 3.13. The summed E-state index contributed by atoms with van der Waals surface area (Å²) in [5, 5.41) is 0. The predicted octanol–water partition coefficient (Wildman–Crippen LogP) is -0.195. The van der Waals surface area contributed by atoms with Gasteiger partial charge in [-0.05, 0) is 12.1 Å². The van der Waals surface area contributed by atoms with E-state index in [-0.39, 0.29) is 12.3 Å². The molecule has 0 fully saturated rings. The Bertz CT molecular complexity index is 272. The van der Waals surface area contributed by atoms with E-state index in [2.05, 4.69) is 4.98 Å². The molecule has 1 aromatic heterocycles. The monoisotopic (exact) mass is 151 g/mol. The number of aromatic nitrogens is 1. The molecule has 0 aliphatic heterocycles. The number of Topliss-reactive ketones (excluding diaryl/α,β-unsaturated/α-hetero) is 1. The number of rotatable bonds is 2. The Morgan fingerprint density at radius 1 is 1.64 bits per heavy atom. The van der Waals surface area contributed by atoms with Gasteiger partial charge >= 0.3 is 0 Å². The highest BCUT2D eigenvalue weighted by Crippen LogP contribution is 2.02. The molecule has 4 N–H and O–H groups in total. The Hall–Kier alpha value is -1.42. The average molecular weight is 151 g/mol. The molecule has 58 valence electrons. The fourth-order valence-electron chi connectivity index (χ4n) is 0.704. The highest BCUT2D eigenvalue weighted by molar-refractivity contribution is 5.96. The van der Waals surface area contributed by atoms with Crippen molar-refractivity contribution in [1.82, 2.24) is 4.98 Å². The molecule has 0 aromatic carbocycles. The van der Waals surface area contributed by atoms with Crippen LogP contribution >= 0.6 is 0 Å². The molecular formula is C7H9N3O. The normalized spacial score (nSPS) is 9.55. The molecule has 4 nitrogen and oxygen atoms in total. The van der Waals surface area contributed by atoms with E-state index in [1.54, 1.807) is 6.07 Å². The second-order valence-corrected chi connectivity index (χ2v) is 2.10. The first kappa shape index (κ1) is 7.68. The van der Waals surface area contributed by atoms with Crippen LogP contribution in [0.2, 0.25) is 0 Å². The molecule has 0 radical (unpaired) electrons. The van der Waals surface area contributed by atoms with E-state index >= 15 is 0 Å². The maximum absolute atomic E-state index is 10.9. The number of pyridine rings is 1. The van der Waals surface area contributed by atoms with Gasteiger partial charge in [-0.3, -0.25) is 9.78 Å². The number of nitrogens with two attached hydrogens (primary N) is 2. The van der Waals surface area contributed by atoms with Gasteiger partial charge in [0.1, 0.15) is 5.69 Å². The molecular weight excluding hydrogens is 142 g/mol.